The van der Waals surface area contributed by atoms with Gasteiger partial charge in [-0.1, -0.05) is 0 Å². The first kappa shape index (κ1) is 159. The van der Waals surface area contributed by atoms with Crippen molar-refractivity contribution >= 4 is 0 Å². The molecule has 7 heteroatoms. The fraction of sp³-hybridized carbons (Fsp3) is 0. The molecule has 0 aromatic heterocycles. The van der Waals surface area contributed by atoms with Gasteiger partial charge in [0.05, 0.1) is 0 Å². The zero-order chi connectivity index (χ0) is 0. The van der Waals surface area contributed by atoms with E-state index in [4.69, 9.17) is 0 Å². The summed E-state index contributed by atoms with van der Waals surface area (Å²) in [7, 11) is 0. The third kappa shape index (κ3) is 79.8. The monoisotopic (exact) mass is 328 g/mol. The second kappa shape index (κ2) is 115. The van der Waals surface area contributed by atoms with E-state index < -0.39 is 0 Å². The summed E-state index contributed by atoms with van der Waals surface area (Å²) in [5.74, 6) is 0. The predicted molar refractivity (Wildman–Crippen MR) is 3.24 cm³/mol. The summed E-state index contributed by atoms with van der Waals surface area (Å²) in [5, 5.41) is 0. The standard InChI is InChI=1S/C.6ClH.Pd/h;6*1H;/q+4;;;;;;;+2/p-6. The van der Waals surface area contributed by atoms with Crippen LogP contribution in [0.2, 0.25) is 0 Å². The van der Waals surface area contributed by atoms with Gasteiger partial charge in [-0.2, -0.15) is 0 Å². The van der Waals surface area contributed by atoms with Crippen LogP contribution in [0.4, 0.5) is 0 Å². The molecular formula is CCl6Pd. The molecule has 0 aliphatic rings. The van der Waals surface area contributed by atoms with Gasteiger partial charge in [-0.15, -0.1) is 0 Å². The van der Waals surface area contributed by atoms with E-state index in [1.165, 1.54) is 0 Å². The van der Waals surface area contributed by atoms with Crippen LogP contribution >= 0.6 is 0 Å². The molecule has 0 fully saturated rings. The molecule has 8 heavy (non-hydrogen) atoms. The van der Waals surface area contributed by atoms with E-state index in [9.17, 15) is 0 Å². The van der Waals surface area contributed by atoms with Gasteiger partial charge in [-0.05, 0) is 0 Å². The van der Waals surface area contributed by atoms with Gasteiger partial charge in [0.25, 0.3) is 0 Å². The van der Waals surface area contributed by atoms with E-state index in [0.29, 0.717) is 0 Å². The average Bonchev–Trinajstić information content (AvgIpc) is 0. The Kier molecular flexibility index (Phi) is 2290. The minimum absolute atomic E-state index is 0. The molecule has 0 bridgehead atoms. The van der Waals surface area contributed by atoms with Gasteiger partial charge in [-0.3, -0.25) is 0 Å². The summed E-state index contributed by atoms with van der Waals surface area (Å²) in [4.78, 5) is 0. The maximum absolute atomic E-state index is 0. The molecule has 0 saturated heterocycles. The average molecular weight is 331 g/mol. The quantitative estimate of drug-likeness (QED) is 0.387. The smallest absolute Gasteiger partial charge is 1.00 e. The molecule has 0 unspecified atom stereocenters. The fourth-order valence-corrected chi connectivity index (χ4v) is 0. The molecule has 0 radical (unpaired) electrons. The van der Waals surface area contributed by atoms with Crippen LogP contribution in [0.1, 0.15) is 0 Å². The molecule has 0 aliphatic carbocycles. The van der Waals surface area contributed by atoms with E-state index in [1.807, 2.05) is 0 Å². The van der Waals surface area contributed by atoms with Crippen molar-refractivity contribution in [3.8, 4) is 0 Å². The Morgan fingerprint density at radius 1 is 0.375 bits per heavy atom. The van der Waals surface area contributed by atoms with Crippen LogP contribution in [0.15, 0.2) is 0 Å². The number of halogens is 6. The molecule has 0 aromatic rings. The normalized spacial score (nSPS) is 0. The van der Waals surface area contributed by atoms with Gasteiger partial charge >= 0.3 is 27.8 Å². The Labute approximate surface area is 101 Å². The molecule has 0 aromatic carbocycles. The second-order valence-electron chi connectivity index (χ2n) is 0. The van der Waals surface area contributed by atoms with Gasteiger partial charge in [0.15, 0.2) is 0 Å². The van der Waals surface area contributed by atoms with E-state index in [2.05, 4.69) is 0 Å². The Bertz CT molecular complexity index is 8.49. The van der Waals surface area contributed by atoms with E-state index in [0.717, 1.165) is 0 Å². The number of hydrogen-bond donors (Lipinski definition) is 0. The Balaban J connectivity index is 0. The Hall–Kier alpha value is 2.40. The molecule has 0 saturated carbocycles. The van der Waals surface area contributed by atoms with Gasteiger partial charge in [0, 0.05) is 0 Å². The topological polar surface area (TPSA) is 0 Å². The van der Waals surface area contributed by atoms with Crippen molar-refractivity contribution in [1.82, 2.24) is 0 Å². The summed E-state index contributed by atoms with van der Waals surface area (Å²) in [6, 6.07) is 0. The van der Waals surface area contributed by atoms with Crippen LogP contribution in [0.5, 0.6) is 0 Å². The largest absolute Gasteiger partial charge is 4.00 e. The molecule has 0 nitrogen and oxygen atoms in total. The van der Waals surface area contributed by atoms with Crippen molar-refractivity contribution in [2.45, 2.75) is 0 Å². The zero-order valence-electron chi connectivity index (χ0n) is 3.08. The molecule has 0 rings (SSSR count). The number of rotatable bonds is 0. The summed E-state index contributed by atoms with van der Waals surface area (Å²) in [6.07, 6.45) is 0. The molecule has 0 amide bonds. The van der Waals surface area contributed by atoms with Gasteiger partial charge in [0.2, 0.25) is 0 Å². The first-order chi connectivity index (χ1) is 0. The van der Waals surface area contributed by atoms with Crippen LogP contribution in [0.3, 0.4) is 0 Å². The maximum Gasteiger partial charge on any atom is 4.00 e. The fourth-order valence-electron chi connectivity index (χ4n) is 0. The number of hydrogen-bond acceptors (Lipinski definition) is 0. The first-order valence-corrected chi connectivity index (χ1v) is 0. The molecular weight excluding hydrogens is 331 g/mol. The Morgan fingerprint density at radius 2 is 0.375 bits per heavy atom. The summed E-state index contributed by atoms with van der Waals surface area (Å²) >= 11 is 0. The summed E-state index contributed by atoms with van der Waals surface area (Å²) in [5.41, 5.74) is 0. The molecule has 0 aliphatic heterocycles. The van der Waals surface area contributed by atoms with E-state index in [1.54, 1.807) is 0 Å². The molecule has 0 spiro atoms. The molecule has 56 valence electrons. The van der Waals surface area contributed by atoms with Crippen molar-refractivity contribution in [1.29, 1.82) is 0 Å². The maximum atomic E-state index is 0. The van der Waals surface area contributed by atoms with Crippen LogP contribution in [-0.2, 0) is 20.4 Å². The minimum Gasteiger partial charge on any atom is -1.00 e. The van der Waals surface area contributed by atoms with Crippen molar-refractivity contribution in [3.05, 3.63) is 7.43 Å². The molecule has 0 N–H and O–H groups in total. The van der Waals surface area contributed by atoms with Crippen molar-refractivity contribution in [2.24, 2.45) is 0 Å². The van der Waals surface area contributed by atoms with Gasteiger partial charge in [0.1, 0.15) is 0 Å². The predicted octanol–water partition coefficient (Wildman–Crippen LogP) is -17.9. The summed E-state index contributed by atoms with van der Waals surface area (Å²) < 4.78 is 0. The zero-order valence-corrected chi connectivity index (χ0v) is 9.17. The van der Waals surface area contributed by atoms with Crippen molar-refractivity contribution in [3.63, 3.8) is 0 Å². The Morgan fingerprint density at radius 3 is 0.375 bits per heavy atom. The SMILES string of the molecule is [C+4].[Cl-].[Cl-].[Cl-].[Cl-].[Cl-].[Cl-].[Pd+2]. The van der Waals surface area contributed by atoms with Crippen LogP contribution in [0.25, 0.3) is 0 Å². The third-order valence-electron chi connectivity index (χ3n) is 0. The van der Waals surface area contributed by atoms with Crippen LogP contribution < -0.4 is 74.4 Å². The van der Waals surface area contributed by atoms with Gasteiger partial charge < -0.3 is 74.4 Å². The van der Waals surface area contributed by atoms with E-state index in [-0.39, 0.29) is 102 Å². The summed E-state index contributed by atoms with van der Waals surface area (Å²) in [6.45, 7) is 0. The first-order valence-electron chi connectivity index (χ1n) is 0. The van der Waals surface area contributed by atoms with Gasteiger partial charge in [-0.25, -0.2) is 0 Å². The van der Waals surface area contributed by atoms with Crippen molar-refractivity contribution < 1.29 is 94.9 Å². The van der Waals surface area contributed by atoms with Crippen molar-refractivity contribution in [2.75, 3.05) is 0 Å². The molecule has 0 heterocycles. The third-order valence-corrected chi connectivity index (χ3v) is 0. The van der Waals surface area contributed by atoms with E-state index >= 15 is 0 Å². The molecule has 0 atom stereocenters. The minimum atomic E-state index is 0. The van der Waals surface area contributed by atoms with Crippen LogP contribution in [-0.4, -0.2) is 0 Å². The van der Waals surface area contributed by atoms with Crippen LogP contribution in [0, 0.1) is 7.43 Å². The second-order valence-corrected chi connectivity index (χ2v) is 0.